The van der Waals surface area contributed by atoms with Gasteiger partial charge in [0.2, 0.25) is 12.7 Å². The Morgan fingerprint density at radius 1 is 0.925 bits per heavy atom. The highest BCUT2D eigenvalue weighted by Crippen LogP contribution is 2.33. The molecular weight excluding hydrogens is 530 g/mol. The number of carbonyl (C=O) groups excluding carboxylic acids is 1. The summed E-state index contributed by atoms with van der Waals surface area (Å²) in [5.41, 5.74) is 3.42. The van der Waals surface area contributed by atoms with Gasteiger partial charge in [-0.2, -0.15) is 0 Å². The first kappa shape index (κ1) is 27.8. The summed E-state index contributed by atoms with van der Waals surface area (Å²) in [6.07, 6.45) is 0.828. The minimum atomic E-state index is -4.10. The Kier molecular flexibility index (Phi) is 8.18. The average Bonchev–Trinajstić information content (AvgIpc) is 3.44. The van der Waals surface area contributed by atoms with Crippen molar-refractivity contribution in [1.29, 1.82) is 0 Å². The fourth-order valence-corrected chi connectivity index (χ4v) is 6.65. The van der Waals surface area contributed by atoms with Gasteiger partial charge < -0.3 is 19.1 Å². The smallest absolute Gasteiger partial charge is 0.268 e. The number of benzene rings is 3. The lowest BCUT2D eigenvalue weighted by molar-refractivity contribution is -0.131. The standard InChI is InChI=1S/C30H35N3O6S/c1-4-23-6-9-25(10-7-23)33(40(35,36)29-17-22(2)5-11-27(29)37-3)20-30(34)32-15-13-31(14-16-32)19-24-8-12-26-28(18-24)39-21-38-26/h5-12,17-18H,4,13-16,19-21H2,1-3H3. The van der Waals surface area contributed by atoms with Gasteiger partial charge in [-0.3, -0.25) is 14.0 Å². The van der Waals surface area contributed by atoms with Crippen LogP contribution < -0.4 is 18.5 Å². The Hall–Kier alpha value is -3.76. The number of hydrogen-bond donors (Lipinski definition) is 0. The van der Waals surface area contributed by atoms with E-state index >= 15 is 0 Å². The van der Waals surface area contributed by atoms with E-state index in [4.69, 9.17) is 14.2 Å². The number of piperazine rings is 1. The fraction of sp³-hybridized carbons (Fsp3) is 0.367. The normalized spacial score (nSPS) is 15.2. The van der Waals surface area contributed by atoms with Gasteiger partial charge in [0.1, 0.15) is 17.2 Å². The number of ether oxygens (including phenoxy) is 3. The van der Waals surface area contributed by atoms with Crippen LogP contribution in [0.25, 0.3) is 0 Å². The summed E-state index contributed by atoms with van der Waals surface area (Å²) in [5, 5.41) is 0. The molecule has 2 aliphatic heterocycles. The molecule has 0 saturated carbocycles. The van der Waals surface area contributed by atoms with Crippen LogP contribution >= 0.6 is 0 Å². The third-order valence-electron chi connectivity index (χ3n) is 7.37. The Morgan fingerprint density at radius 3 is 2.33 bits per heavy atom. The molecule has 0 radical (unpaired) electrons. The molecule has 0 aromatic heterocycles. The van der Waals surface area contributed by atoms with Crippen LogP contribution in [0.1, 0.15) is 23.6 Å². The molecule has 1 amide bonds. The number of methoxy groups -OCH3 is 1. The van der Waals surface area contributed by atoms with Gasteiger partial charge in [0.15, 0.2) is 11.5 Å². The maximum absolute atomic E-state index is 14.0. The molecule has 212 valence electrons. The minimum Gasteiger partial charge on any atom is -0.495 e. The number of amides is 1. The van der Waals surface area contributed by atoms with E-state index in [0.717, 1.165) is 41.2 Å². The van der Waals surface area contributed by atoms with Gasteiger partial charge >= 0.3 is 0 Å². The lowest BCUT2D eigenvalue weighted by atomic mass is 10.1. The molecular formula is C30H35N3O6S. The van der Waals surface area contributed by atoms with E-state index in [2.05, 4.69) is 4.90 Å². The van der Waals surface area contributed by atoms with Crippen LogP contribution in [0.2, 0.25) is 0 Å². The molecule has 9 nitrogen and oxygen atoms in total. The topological polar surface area (TPSA) is 88.6 Å². The maximum Gasteiger partial charge on any atom is 0.268 e. The van der Waals surface area contributed by atoms with Crippen molar-refractivity contribution in [1.82, 2.24) is 9.80 Å². The van der Waals surface area contributed by atoms with Gasteiger partial charge in [0.05, 0.1) is 12.8 Å². The van der Waals surface area contributed by atoms with Gasteiger partial charge in [-0.05, 0) is 66.4 Å². The van der Waals surface area contributed by atoms with Gasteiger partial charge in [-0.25, -0.2) is 8.42 Å². The van der Waals surface area contributed by atoms with Crippen LogP contribution in [0.3, 0.4) is 0 Å². The molecule has 0 unspecified atom stereocenters. The summed E-state index contributed by atoms with van der Waals surface area (Å²) in [5.74, 6) is 1.51. The summed E-state index contributed by atoms with van der Waals surface area (Å²) in [4.78, 5) is 17.6. The zero-order valence-electron chi connectivity index (χ0n) is 23.1. The van der Waals surface area contributed by atoms with E-state index in [-0.39, 0.29) is 29.9 Å². The van der Waals surface area contributed by atoms with Gasteiger partial charge in [0.25, 0.3) is 10.0 Å². The molecule has 3 aromatic rings. The van der Waals surface area contributed by atoms with Crippen LogP contribution in [0, 0.1) is 6.92 Å². The molecule has 10 heteroatoms. The van der Waals surface area contributed by atoms with Crippen molar-refractivity contribution >= 4 is 21.6 Å². The van der Waals surface area contributed by atoms with Gasteiger partial charge in [0, 0.05) is 32.7 Å². The summed E-state index contributed by atoms with van der Waals surface area (Å²) >= 11 is 0. The van der Waals surface area contributed by atoms with E-state index in [1.54, 1.807) is 35.2 Å². The van der Waals surface area contributed by atoms with E-state index in [9.17, 15) is 13.2 Å². The number of sulfonamides is 1. The van der Waals surface area contributed by atoms with Crippen LogP contribution in [0.4, 0.5) is 5.69 Å². The van der Waals surface area contributed by atoms with E-state index in [1.807, 2.05) is 44.2 Å². The molecule has 0 bridgehead atoms. The fourth-order valence-electron chi connectivity index (χ4n) is 4.99. The molecule has 0 aliphatic carbocycles. The van der Waals surface area contributed by atoms with Crippen molar-refractivity contribution < 1.29 is 27.4 Å². The molecule has 3 aromatic carbocycles. The molecule has 5 rings (SSSR count). The number of carbonyl (C=O) groups is 1. The monoisotopic (exact) mass is 565 g/mol. The van der Waals surface area contributed by atoms with Gasteiger partial charge in [-0.1, -0.05) is 31.2 Å². The second kappa shape index (κ2) is 11.8. The third kappa shape index (κ3) is 5.88. The number of aryl methyl sites for hydroxylation is 2. The second-order valence-electron chi connectivity index (χ2n) is 10.0. The Bertz CT molecular complexity index is 1470. The molecule has 40 heavy (non-hydrogen) atoms. The number of hydrogen-bond acceptors (Lipinski definition) is 7. The molecule has 0 atom stereocenters. The Labute approximate surface area is 235 Å². The van der Waals surface area contributed by atoms with Crippen molar-refractivity contribution in [3.63, 3.8) is 0 Å². The largest absolute Gasteiger partial charge is 0.495 e. The zero-order valence-corrected chi connectivity index (χ0v) is 23.9. The Morgan fingerprint density at radius 2 is 1.62 bits per heavy atom. The quantitative estimate of drug-likeness (QED) is 0.390. The van der Waals surface area contributed by atoms with Crippen LogP contribution in [-0.2, 0) is 27.8 Å². The van der Waals surface area contributed by atoms with Crippen molar-refractivity contribution in [2.45, 2.75) is 31.7 Å². The van der Waals surface area contributed by atoms with E-state index < -0.39 is 10.0 Å². The van der Waals surface area contributed by atoms with Crippen molar-refractivity contribution in [3.05, 3.63) is 77.4 Å². The Balaban J connectivity index is 1.31. The summed E-state index contributed by atoms with van der Waals surface area (Å²) in [6, 6.07) is 18.3. The first-order valence-electron chi connectivity index (χ1n) is 13.4. The molecule has 2 heterocycles. The van der Waals surface area contributed by atoms with Gasteiger partial charge in [-0.15, -0.1) is 0 Å². The van der Waals surface area contributed by atoms with Crippen LogP contribution in [-0.4, -0.2) is 70.8 Å². The first-order chi connectivity index (χ1) is 19.3. The highest BCUT2D eigenvalue weighted by atomic mass is 32.2. The third-order valence-corrected chi connectivity index (χ3v) is 9.16. The first-order valence-corrected chi connectivity index (χ1v) is 14.9. The van der Waals surface area contributed by atoms with Crippen molar-refractivity contribution in [2.24, 2.45) is 0 Å². The number of nitrogens with zero attached hydrogens (tertiary/aromatic N) is 3. The minimum absolute atomic E-state index is 0.0379. The maximum atomic E-state index is 14.0. The number of anilines is 1. The van der Waals surface area contributed by atoms with Crippen LogP contribution in [0.15, 0.2) is 65.6 Å². The van der Waals surface area contributed by atoms with Crippen LogP contribution in [0.5, 0.6) is 17.2 Å². The van der Waals surface area contributed by atoms with E-state index in [0.29, 0.717) is 31.9 Å². The summed E-state index contributed by atoms with van der Waals surface area (Å²) < 4.78 is 45.5. The average molecular weight is 566 g/mol. The predicted molar refractivity (Wildman–Crippen MR) is 153 cm³/mol. The highest BCUT2D eigenvalue weighted by Gasteiger charge is 2.32. The molecule has 0 N–H and O–H groups in total. The second-order valence-corrected chi connectivity index (χ2v) is 11.9. The lowest BCUT2D eigenvalue weighted by Crippen LogP contribution is -2.51. The van der Waals surface area contributed by atoms with E-state index in [1.165, 1.54) is 11.4 Å². The van der Waals surface area contributed by atoms with Crippen molar-refractivity contribution in [3.8, 4) is 17.2 Å². The molecule has 1 fully saturated rings. The SMILES string of the molecule is CCc1ccc(N(CC(=O)N2CCN(Cc3ccc4c(c3)OCO4)CC2)S(=O)(=O)c2cc(C)ccc2OC)cc1. The molecule has 0 spiro atoms. The number of rotatable bonds is 9. The summed E-state index contributed by atoms with van der Waals surface area (Å²) in [6.45, 7) is 6.94. The van der Waals surface area contributed by atoms with Crippen molar-refractivity contribution in [2.75, 3.05) is 50.9 Å². The summed E-state index contributed by atoms with van der Waals surface area (Å²) in [7, 11) is -2.66. The molecule has 1 saturated heterocycles. The zero-order chi connectivity index (χ0) is 28.3. The lowest BCUT2D eigenvalue weighted by Gasteiger charge is -2.36. The number of fused-ring (bicyclic) bond motifs is 1. The molecule has 2 aliphatic rings. The highest BCUT2D eigenvalue weighted by molar-refractivity contribution is 7.93. The predicted octanol–water partition coefficient (Wildman–Crippen LogP) is 3.83.